The maximum Gasteiger partial charge on any atom is 0.311 e. The van der Waals surface area contributed by atoms with E-state index in [1.807, 2.05) is 0 Å². The number of phenolic OH excluding ortho intramolecular Hbond substituents is 1. The second-order valence-corrected chi connectivity index (χ2v) is 5.48. The minimum atomic E-state index is -0.603. The van der Waals surface area contributed by atoms with Crippen LogP contribution in [0.5, 0.6) is 5.75 Å². The van der Waals surface area contributed by atoms with Crippen LogP contribution in [0.3, 0.4) is 0 Å². The zero-order chi connectivity index (χ0) is 13.9. The van der Waals surface area contributed by atoms with Crippen molar-refractivity contribution in [2.45, 2.75) is 34.0 Å². The number of ether oxygens (including phenoxy) is 1. The fraction of sp³-hybridized carbons (Fsp3) is 0.462. The molecule has 0 aromatic heterocycles. The van der Waals surface area contributed by atoms with E-state index in [4.69, 9.17) is 21.4 Å². The number of halogens is 1. The molecular formula is C13H17ClO4. The number of carbonyl (C=O) groups is 1. The van der Waals surface area contributed by atoms with Gasteiger partial charge in [-0.2, -0.15) is 0 Å². The number of hydrogen-bond acceptors (Lipinski definition) is 4. The van der Waals surface area contributed by atoms with Crippen LogP contribution in [0.2, 0.25) is 5.02 Å². The second-order valence-electron chi connectivity index (χ2n) is 5.07. The van der Waals surface area contributed by atoms with E-state index in [0.29, 0.717) is 11.1 Å². The fourth-order valence-corrected chi connectivity index (χ4v) is 1.54. The Labute approximate surface area is 111 Å². The lowest BCUT2D eigenvalue weighted by Crippen LogP contribution is -2.22. The van der Waals surface area contributed by atoms with E-state index in [0.717, 1.165) is 0 Å². The first-order valence-electron chi connectivity index (χ1n) is 5.54. The van der Waals surface area contributed by atoms with Crippen LogP contribution >= 0.6 is 11.6 Å². The summed E-state index contributed by atoms with van der Waals surface area (Å²) < 4.78 is 5.09. The molecule has 0 aliphatic rings. The van der Waals surface area contributed by atoms with Crippen molar-refractivity contribution >= 4 is 17.6 Å². The van der Waals surface area contributed by atoms with Gasteiger partial charge in [0.25, 0.3) is 0 Å². The third kappa shape index (κ3) is 3.62. The lowest BCUT2D eigenvalue weighted by atomic mass is 9.97. The van der Waals surface area contributed by atoms with E-state index < -0.39 is 5.41 Å². The van der Waals surface area contributed by atoms with Gasteiger partial charge in [-0.15, -0.1) is 0 Å². The van der Waals surface area contributed by atoms with Crippen LogP contribution in [-0.2, 0) is 22.7 Å². The van der Waals surface area contributed by atoms with Gasteiger partial charge < -0.3 is 14.9 Å². The largest absolute Gasteiger partial charge is 0.506 e. The molecule has 0 radical (unpaired) electrons. The molecule has 0 spiro atoms. The van der Waals surface area contributed by atoms with E-state index >= 15 is 0 Å². The van der Waals surface area contributed by atoms with Gasteiger partial charge in [-0.1, -0.05) is 11.6 Å². The molecule has 1 rings (SSSR count). The standard InChI is InChI=1S/C13H17ClO4/c1-13(2,3)12(17)18-7-9-4-8(6-15)5-10(14)11(9)16/h4-5,15-16H,6-7H2,1-3H3. The molecule has 0 unspecified atom stereocenters. The van der Waals surface area contributed by atoms with Gasteiger partial charge in [-0.05, 0) is 38.5 Å². The van der Waals surface area contributed by atoms with Crippen LogP contribution in [0, 0.1) is 5.41 Å². The summed E-state index contributed by atoms with van der Waals surface area (Å²) in [7, 11) is 0. The molecule has 0 saturated heterocycles. The summed E-state index contributed by atoms with van der Waals surface area (Å²) in [5.74, 6) is -0.497. The Morgan fingerprint density at radius 1 is 1.39 bits per heavy atom. The number of rotatable bonds is 3. The Hall–Kier alpha value is -1.26. The Morgan fingerprint density at radius 2 is 2.00 bits per heavy atom. The number of aromatic hydroxyl groups is 1. The summed E-state index contributed by atoms with van der Waals surface area (Å²) in [6.45, 7) is 4.96. The number of hydrogen-bond donors (Lipinski definition) is 2. The van der Waals surface area contributed by atoms with Gasteiger partial charge in [-0.3, -0.25) is 4.79 Å². The number of carbonyl (C=O) groups excluding carboxylic acids is 1. The van der Waals surface area contributed by atoms with Crippen LogP contribution < -0.4 is 0 Å². The normalized spacial score (nSPS) is 11.4. The molecule has 0 fully saturated rings. The summed E-state index contributed by atoms with van der Waals surface area (Å²) in [6, 6.07) is 3.02. The number of aliphatic hydroxyl groups is 1. The Balaban J connectivity index is 2.85. The van der Waals surface area contributed by atoms with E-state index in [-0.39, 0.29) is 30.0 Å². The van der Waals surface area contributed by atoms with Crippen molar-refractivity contribution in [3.8, 4) is 5.75 Å². The molecule has 18 heavy (non-hydrogen) atoms. The summed E-state index contributed by atoms with van der Waals surface area (Å²) in [5.41, 5.74) is 0.331. The first-order valence-corrected chi connectivity index (χ1v) is 5.92. The van der Waals surface area contributed by atoms with Gasteiger partial charge in [0, 0.05) is 5.56 Å². The molecule has 4 nitrogen and oxygen atoms in total. The highest BCUT2D eigenvalue weighted by Gasteiger charge is 2.23. The maximum absolute atomic E-state index is 11.6. The maximum atomic E-state index is 11.6. The van der Waals surface area contributed by atoms with Crippen molar-refractivity contribution in [1.29, 1.82) is 0 Å². The number of aliphatic hydroxyl groups excluding tert-OH is 1. The summed E-state index contributed by atoms with van der Waals surface area (Å²) >= 11 is 5.80. The topological polar surface area (TPSA) is 66.8 Å². The van der Waals surface area contributed by atoms with Gasteiger partial charge >= 0.3 is 5.97 Å². The average molecular weight is 273 g/mol. The number of esters is 1. The van der Waals surface area contributed by atoms with Crippen molar-refractivity contribution in [1.82, 2.24) is 0 Å². The van der Waals surface area contributed by atoms with Crippen LogP contribution in [-0.4, -0.2) is 16.2 Å². The molecule has 100 valence electrons. The summed E-state index contributed by atoms with van der Waals surface area (Å²) in [6.07, 6.45) is 0. The highest BCUT2D eigenvalue weighted by Crippen LogP contribution is 2.30. The van der Waals surface area contributed by atoms with Crippen molar-refractivity contribution in [2.24, 2.45) is 5.41 Å². The van der Waals surface area contributed by atoms with Gasteiger partial charge in [0.15, 0.2) is 0 Å². The van der Waals surface area contributed by atoms with Gasteiger partial charge in [-0.25, -0.2) is 0 Å². The van der Waals surface area contributed by atoms with E-state index in [1.165, 1.54) is 6.07 Å². The predicted octanol–water partition coefficient (Wildman–Crippen LogP) is 2.63. The van der Waals surface area contributed by atoms with Crippen molar-refractivity contribution in [3.63, 3.8) is 0 Å². The van der Waals surface area contributed by atoms with Crippen LogP contribution in [0.1, 0.15) is 31.9 Å². The number of phenols is 1. The van der Waals surface area contributed by atoms with Crippen LogP contribution in [0.15, 0.2) is 12.1 Å². The molecule has 1 aromatic carbocycles. The Morgan fingerprint density at radius 3 is 2.50 bits per heavy atom. The predicted molar refractivity (Wildman–Crippen MR) is 68.3 cm³/mol. The Bertz CT molecular complexity index is 449. The smallest absolute Gasteiger partial charge is 0.311 e. The summed E-state index contributed by atoms with van der Waals surface area (Å²) in [4.78, 5) is 11.6. The highest BCUT2D eigenvalue weighted by atomic mass is 35.5. The molecule has 2 N–H and O–H groups in total. The number of benzene rings is 1. The minimum Gasteiger partial charge on any atom is -0.506 e. The van der Waals surface area contributed by atoms with Crippen molar-refractivity contribution in [3.05, 3.63) is 28.3 Å². The molecule has 0 atom stereocenters. The molecule has 1 aromatic rings. The molecule has 0 aliphatic carbocycles. The van der Waals surface area contributed by atoms with Crippen LogP contribution in [0.4, 0.5) is 0 Å². The molecule has 0 saturated carbocycles. The first-order chi connectivity index (χ1) is 8.25. The quantitative estimate of drug-likeness (QED) is 0.830. The third-order valence-electron chi connectivity index (χ3n) is 2.36. The minimum absolute atomic E-state index is 0.0739. The molecule has 0 bridgehead atoms. The molecule has 0 aliphatic heterocycles. The zero-order valence-corrected chi connectivity index (χ0v) is 11.4. The molecule has 0 heterocycles. The highest BCUT2D eigenvalue weighted by molar-refractivity contribution is 6.32. The van der Waals surface area contributed by atoms with Crippen molar-refractivity contribution in [2.75, 3.05) is 0 Å². The van der Waals surface area contributed by atoms with E-state index in [1.54, 1.807) is 26.8 Å². The lowest BCUT2D eigenvalue weighted by Gasteiger charge is -2.17. The first kappa shape index (κ1) is 14.8. The van der Waals surface area contributed by atoms with E-state index in [2.05, 4.69) is 0 Å². The lowest BCUT2D eigenvalue weighted by molar-refractivity contribution is -0.154. The van der Waals surface area contributed by atoms with Gasteiger partial charge in [0.2, 0.25) is 0 Å². The van der Waals surface area contributed by atoms with Gasteiger partial charge in [0.1, 0.15) is 12.4 Å². The molecular weight excluding hydrogens is 256 g/mol. The van der Waals surface area contributed by atoms with Gasteiger partial charge in [0.05, 0.1) is 17.0 Å². The average Bonchev–Trinajstić information content (AvgIpc) is 2.29. The second kappa shape index (κ2) is 5.59. The third-order valence-corrected chi connectivity index (χ3v) is 2.64. The van der Waals surface area contributed by atoms with Crippen LogP contribution in [0.25, 0.3) is 0 Å². The van der Waals surface area contributed by atoms with E-state index in [9.17, 15) is 9.90 Å². The SMILES string of the molecule is CC(C)(C)C(=O)OCc1cc(CO)cc(Cl)c1O. The summed E-state index contributed by atoms with van der Waals surface area (Å²) in [5, 5.41) is 18.9. The molecule has 5 heteroatoms. The molecule has 0 amide bonds. The fourth-order valence-electron chi connectivity index (χ4n) is 1.28. The Kier molecular flexibility index (Phi) is 4.59. The van der Waals surface area contributed by atoms with Crippen molar-refractivity contribution < 1.29 is 19.7 Å². The zero-order valence-electron chi connectivity index (χ0n) is 10.7. The monoisotopic (exact) mass is 272 g/mol.